The number of piperazine rings is 1. The number of amides is 3. The molecule has 1 aromatic rings. The molecule has 1 aromatic carbocycles. The van der Waals surface area contributed by atoms with Gasteiger partial charge in [0.2, 0.25) is 17.7 Å². The van der Waals surface area contributed by atoms with Crippen molar-refractivity contribution >= 4 is 17.7 Å². The van der Waals surface area contributed by atoms with E-state index in [4.69, 9.17) is 5.73 Å². The van der Waals surface area contributed by atoms with Crippen molar-refractivity contribution in [1.82, 2.24) is 15.5 Å². The fourth-order valence-corrected chi connectivity index (χ4v) is 5.14. The molecule has 2 saturated heterocycles. The van der Waals surface area contributed by atoms with Gasteiger partial charge in [-0.15, -0.1) is 0 Å². The first-order chi connectivity index (χ1) is 16.6. The lowest BCUT2D eigenvalue weighted by Crippen LogP contribution is -2.61. The third-order valence-corrected chi connectivity index (χ3v) is 6.99. The van der Waals surface area contributed by atoms with E-state index in [9.17, 15) is 19.5 Å². The number of benzene rings is 1. The Kier molecular flexibility index (Phi) is 9.13. The van der Waals surface area contributed by atoms with Gasteiger partial charge in [-0.25, -0.2) is 0 Å². The molecule has 0 aliphatic carbocycles. The maximum Gasteiger partial charge on any atom is 0.246 e. The molecular weight excluding hydrogens is 446 g/mol. The summed E-state index contributed by atoms with van der Waals surface area (Å²) in [6, 6.07) is 4.79. The van der Waals surface area contributed by atoms with E-state index >= 15 is 0 Å². The second-order valence-electron chi connectivity index (χ2n) is 10.9. The monoisotopic (exact) mass is 488 g/mol. The molecule has 9 nitrogen and oxygen atoms in total. The smallest absolute Gasteiger partial charge is 0.246 e. The van der Waals surface area contributed by atoms with Crippen molar-refractivity contribution in [2.24, 2.45) is 11.7 Å². The zero-order chi connectivity index (χ0) is 25.6. The topological polar surface area (TPSA) is 125 Å². The first kappa shape index (κ1) is 26.9. The van der Waals surface area contributed by atoms with E-state index in [1.165, 1.54) is 0 Å². The van der Waals surface area contributed by atoms with E-state index in [-0.39, 0.29) is 29.9 Å². The number of nitrogens with zero attached hydrogens (tertiary/aromatic N) is 2. The van der Waals surface area contributed by atoms with Crippen LogP contribution in [0.2, 0.25) is 0 Å². The molecule has 2 heterocycles. The summed E-state index contributed by atoms with van der Waals surface area (Å²) in [6.45, 7) is 2.16. The molecule has 0 bridgehead atoms. The molecule has 5 N–H and O–H groups in total. The number of carbonyl (C=O) groups excluding carboxylic acids is 3. The maximum atomic E-state index is 13.6. The van der Waals surface area contributed by atoms with Crippen LogP contribution in [-0.2, 0) is 14.4 Å². The molecule has 194 valence electrons. The van der Waals surface area contributed by atoms with Gasteiger partial charge < -0.3 is 30.9 Å². The van der Waals surface area contributed by atoms with Crippen LogP contribution in [0, 0.1) is 5.92 Å². The highest BCUT2D eigenvalue weighted by Gasteiger charge is 2.54. The fraction of sp³-hybridized carbons (Fsp3) is 0.654. The van der Waals surface area contributed by atoms with Gasteiger partial charge in [0.15, 0.2) is 0 Å². The number of fused-ring (bicyclic) bond motifs is 1. The van der Waals surface area contributed by atoms with E-state index in [0.717, 1.165) is 48.7 Å². The second-order valence-corrected chi connectivity index (χ2v) is 10.9. The number of nitrogens with two attached hydrogens (primary N) is 1. The van der Waals surface area contributed by atoms with Gasteiger partial charge in [0.25, 0.3) is 0 Å². The lowest BCUT2D eigenvalue weighted by Gasteiger charge is -2.38. The van der Waals surface area contributed by atoms with Crippen LogP contribution in [0.5, 0.6) is 5.75 Å². The van der Waals surface area contributed by atoms with Crippen LogP contribution < -0.4 is 16.4 Å². The van der Waals surface area contributed by atoms with Crippen molar-refractivity contribution in [1.29, 1.82) is 0 Å². The van der Waals surface area contributed by atoms with Crippen molar-refractivity contribution in [2.45, 2.75) is 63.1 Å². The van der Waals surface area contributed by atoms with E-state index in [2.05, 4.69) is 31.8 Å². The predicted molar refractivity (Wildman–Crippen MR) is 134 cm³/mol. The minimum Gasteiger partial charge on any atom is -0.508 e. The second kappa shape index (κ2) is 11.9. The third-order valence-electron chi connectivity index (χ3n) is 6.99. The number of phenols is 1. The van der Waals surface area contributed by atoms with Crippen LogP contribution in [0.15, 0.2) is 24.3 Å². The highest BCUT2D eigenvalue weighted by molar-refractivity contribution is 5.99. The Bertz CT molecular complexity index is 883. The summed E-state index contributed by atoms with van der Waals surface area (Å²) in [4.78, 5) is 41.5. The van der Waals surface area contributed by atoms with E-state index in [1.54, 1.807) is 29.2 Å². The average Bonchev–Trinajstić information content (AvgIpc) is 3.21. The van der Waals surface area contributed by atoms with Gasteiger partial charge in [-0.1, -0.05) is 18.6 Å². The minimum atomic E-state index is -0.670. The summed E-state index contributed by atoms with van der Waals surface area (Å²) in [5, 5.41) is 15.7. The number of unbranched alkanes of at least 4 members (excludes halogenated alkanes) is 3. The number of aromatic hydroxyl groups is 1. The number of nitrogens with one attached hydrogen (secondary N) is 2. The Morgan fingerprint density at radius 3 is 2.49 bits per heavy atom. The van der Waals surface area contributed by atoms with Crippen LogP contribution in [0.3, 0.4) is 0 Å². The summed E-state index contributed by atoms with van der Waals surface area (Å²) in [5.74, 6) is -0.891. The van der Waals surface area contributed by atoms with Crippen LogP contribution >= 0.6 is 0 Å². The number of quaternary nitrogens is 1. The Morgan fingerprint density at radius 1 is 1.11 bits per heavy atom. The predicted octanol–water partition coefficient (Wildman–Crippen LogP) is 1.27. The average molecular weight is 489 g/mol. The molecule has 2 fully saturated rings. The number of phenolic OH excluding ortho intramolecular Hbond substituents is 1. The Labute approximate surface area is 208 Å². The van der Waals surface area contributed by atoms with Gasteiger partial charge in [-0.2, -0.15) is 0 Å². The molecular formula is C26H42N5O4+. The standard InChI is InChI=1S/C26H41N5O4/c1-31(2,3)16-8-5-9-21-26(35)30-22(25(34)29-21)17-20(24(33)28-15-7-4-6-14-27)23(30)18-10-12-19(32)13-11-18/h10-13,20-23H,4-9,14-17,27H2,1-3H3,(H2-,28,29,32,33,34)/p+1/t20-,21-,22-,23-/m0/s1. The molecule has 35 heavy (non-hydrogen) atoms. The first-order valence-corrected chi connectivity index (χ1v) is 12.8. The van der Waals surface area contributed by atoms with Crippen molar-refractivity contribution < 1.29 is 24.0 Å². The molecule has 3 rings (SSSR count). The van der Waals surface area contributed by atoms with Crippen LogP contribution in [0.1, 0.15) is 56.6 Å². The molecule has 0 aromatic heterocycles. The molecule has 0 saturated carbocycles. The van der Waals surface area contributed by atoms with Crippen molar-refractivity contribution in [3.8, 4) is 5.75 Å². The molecule has 0 radical (unpaired) electrons. The Balaban J connectivity index is 1.76. The summed E-state index contributed by atoms with van der Waals surface area (Å²) >= 11 is 0. The number of hydrogen-bond acceptors (Lipinski definition) is 5. The van der Waals surface area contributed by atoms with Gasteiger partial charge in [0.05, 0.1) is 39.6 Å². The highest BCUT2D eigenvalue weighted by atomic mass is 16.3. The van der Waals surface area contributed by atoms with Crippen LogP contribution in [0.4, 0.5) is 0 Å². The number of carbonyl (C=O) groups is 3. The fourth-order valence-electron chi connectivity index (χ4n) is 5.14. The van der Waals surface area contributed by atoms with E-state index < -0.39 is 24.0 Å². The Morgan fingerprint density at radius 2 is 1.83 bits per heavy atom. The van der Waals surface area contributed by atoms with Gasteiger partial charge >= 0.3 is 0 Å². The molecule has 0 unspecified atom stereocenters. The maximum absolute atomic E-state index is 13.6. The largest absolute Gasteiger partial charge is 0.508 e. The first-order valence-electron chi connectivity index (χ1n) is 12.8. The lowest BCUT2D eigenvalue weighted by atomic mass is 9.92. The Hall–Kier alpha value is -2.65. The molecule has 0 spiro atoms. The van der Waals surface area contributed by atoms with Crippen LogP contribution in [0.25, 0.3) is 0 Å². The zero-order valence-electron chi connectivity index (χ0n) is 21.3. The molecule has 2 aliphatic heterocycles. The number of hydrogen-bond donors (Lipinski definition) is 4. The normalized spacial score (nSPS) is 24.3. The van der Waals surface area contributed by atoms with Gasteiger partial charge in [-0.05, 0) is 62.8 Å². The SMILES string of the molecule is C[N+](C)(C)CCCC[C@@H]1NC(=O)[C@@H]2C[C@H](C(=O)NCCCCCN)[C@H](c3ccc(O)cc3)N2C1=O. The number of rotatable bonds is 12. The van der Waals surface area contributed by atoms with E-state index in [0.29, 0.717) is 19.5 Å². The van der Waals surface area contributed by atoms with Gasteiger partial charge in [0, 0.05) is 6.54 Å². The van der Waals surface area contributed by atoms with Gasteiger partial charge in [-0.3, -0.25) is 14.4 Å². The summed E-state index contributed by atoms with van der Waals surface area (Å²) in [6.07, 6.45) is 5.34. The van der Waals surface area contributed by atoms with E-state index in [1.807, 2.05) is 0 Å². The highest BCUT2D eigenvalue weighted by Crippen LogP contribution is 2.43. The van der Waals surface area contributed by atoms with Crippen LogP contribution in [-0.4, -0.2) is 85.1 Å². The summed E-state index contributed by atoms with van der Waals surface area (Å²) in [7, 11) is 6.40. The van der Waals surface area contributed by atoms with Gasteiger partial charge in [0.1, 0.15) is 17.8 Å². The molecule has 2 aliphatic rings. The van der Waals surface area contributed by atoms with Crippen molar-refractivity contribution in [3.63, 3.8) is 0 Å². The van der Waals surface area contributed by atoms with Crippen molar-refractivity contribution in [2.75, 3.05) is 40.8 Å². The van der Waals surface area contributed by atoms with Crippen molar-refractivity contribution in [3.05, 3.63) is 29.8 Å². The minimum absolute atomic E-state index is 0.113. The third kappa shape index (κ3) is 6.95. The molecule has 9 heteroatoms. The summed E-state index contributed by atoms with van der Waals surface area (Å²) in [5.41, 5.74) is 6.29. The molecule has 3 amide bonds. The molecule has 4 atom stereocenters. The summed E-state index contributed by atoms with van der Waals surface area (Å²) < 4.78 is 0.852. The zero-order valence-corrected chi connectivity index (χ0v) is 21.3. The lowest BCUT2D eigenvalue weighted by molar-refractivity contribution is -0.870. The quantitative estimate of drug-likeness (QED) is 0.261.